The zero-order valence-electron chi connectivity index (χ0n) is 12.0. The van der Waals surface area contributed by atoms with Crippen LogP contribution in [0, 0.1) is 5.92 Å². The standard InChI is InChI=1S/C16H19BrClNO2/c1-2-21-11-3-9(4-11)5-13(17)12-6-10-7-16(20)19-15(10)8-14(12)18/h6,8-9,11,13H,2-5,7H2,1H3,(H,19,20). The van der Waals surface area contributed by atoms with E-state index in [9.17, 15) is 4.79 Å². The number of fused-ring (bicyclic) bond motifs is 1. The highest BCUT2D eigenvalue weighted by Crippen LogP contribution is 2.43. The molecule has 1 N–H and O–H groups in total. The van der Waals surface area contributed by atoms with E-state index in [-0.39, 0.29) is 10.7 Å². The molecule has 0 spiro atoms. The molecule has 0 saturated heterocycles. The summed E-state index contributed by atoms with van der Waals surface area (Å²) in [5.74, 6) is 0.734. The highest BCUT2D eigenvalue weighted by molar-refractivity contribution is 9.09. The Balaban J connectivity index is 1.64. The van der Waals surface area contributed by atoms with Crippen LogP contribution in [0.15, 0.2) is 12.1 Å². The lowest BCUT2D eigenvalue weighted by Gasteiger charge is -2.36. The first-order valence-corrected chi connectivity index (χ1v) is 8.74. The second-order valence-corrected chi connectivity index (χ2v) is 7.39. The Hall–Kier alpha value is -0.580. The van der Waals surface area contributed by atoms with Crippen LogP contribution in [0.1, 0.15) is 42.1 Å². The molecule has 1 aliphatic carbocycles. The first-order valence-electron chi connectivity index (χ1n) is 7.44. The average Bonchev–Trinajstić information content (AvgIpc) is 2.74. The lowest BCUT2D eigenvalue weighted by atomic mass is 9.78. The maximum atomic E-state index is 11.4. The van der Waals surface area contributed by atoms with Crippen molar-refractivity contribution in [3.63, 3.8) is 0 Å². The molecule has 1 atom stereocenters. The molecule has 1 aliphatic heterocycles. The summed E-state index contributed by atoms with van der Waals surface area (Å²) >= 11 is 10.1. The fourth-order valence-corrected chi connectivity index (χ4v) is 4.50. The molecule has 1 heterocycles. The van der Waals surface area contributed by atoms with Crippen LogP contribution in [0.5, 0.6) is 0 Å². The van der Waals surface area contributed by atoms with Crippen molar-refractivity contribution in [2.75, 3.05) is 11.9 Å². The zero-order chi connectivity index (χ0) is 15.0. The summed E-state index contributed by atoms with van der Waals surface area (Å²) in [5, 5.41) is 3.55. The minimum absolute atomic E-state index is 0.0443. The Morgan fingerprint density at radius 3 is 2.95 bits per heavy atom. The quantitative estimate of drug-likeness (QED) is 0.774. The monoisotopic (exact) mass is 371 g/mol. The molecule has 114 valence electrons. The summed E-state index contributed by atoms with van der Waals surface area (Å²) in [6.07, 6.45) is 4.23. The summed E-state index contributed by atoms with van der Waals surface area (Å²) in [4.78, 5) is 11.7. The van der Waals surface area contributed by atoms with Crippen molar-refractivity contribution in [3.05, 3.63) is 28.3 Å². The Bertz CT molecular complexity index is 557. The number of rotatable bonds is 5. The number of carbonyl (C=O) groups excluding carboxylic acids is 1. The number of amides is 1. The van der Waals surface area contributed by atoms with Crippen molar-refractivity contribution < 1.29 is 9.53 Å². The molecule has 3 nitrogen and oxygen atoms in total. The maximum Gasteiger partial charge on any atom is 0.228 e. The van der Waals surface area contributed by atoms with E-state index in [0.29, 0.717) is 18.4 Å². The van der Waals surface area contributed by atoms with Gasteiger partial charge in [0.25, 0.3) is 0 Å². The Labute approximate surface area is 138 Å². The fraction of sp³-hybridized carbons (Fsp3) is 0.562. The van der Waals surface area contributed by atoms with Gasteiger partial charge in [-0.25, -0.2) is 0 Å². The second-order valence-electron chi connectivity index (χ2n) is 5.87. The summed E-state index contributed by atoms with van der Waals surface area (Å²) in [6.45, 7) is 2.84. The largest absolute Gasteiger partial charge is 0.378 e. The van der Waals surface area contributed by atoms with E-state index in [0.717, 1.165) is 47.7 Å². The highest BCUT2D eigenvalue weighted by Gasteiger charge is 2.32. The van der Waals surface area contributed by atoms with Crippen LogP contribution >= 0.6 is 27.5 Å². The number of halogens is 2. The van der Waals surface area contributed by atoms with Gasteiger partial charge in [0, 0.05) is 22.1 Å². The molecular weight excluding hydrogens is 354 g/mol. The van der Waals surface area contributed by atoms with E-state index >= 15 is 0 Å². The predicted octanol–water partition coefficient (Wildman–Crippen LogP) is 4.48. The van der Waals surface area contributed by atoms with E-state index in [1.54, 1.807) is 0 Å². The Kier molecular flexibility index (Phi) is 4.57. The number of hydrogen-bond donors (Lipinski definition) is 1. The number of alkyl halides is 1. The average molecular weight is 373 g/mol. The van der Waals surface area contributed by atoms with Crippen LogP contribution in [0.25, 0.3) is 0 Å². The van der Waals surface area contributed by atoms with Gasteiger partial charge in [0.05, 0.1) is 12.5 Å². The lowest BCUT2D eigenvalue weighted by molar-refractivity contribution is -0.115. The molecule has 0 radical (unpaired) electrons. The smallest absolute Gasteiger partial charge is 0.228 e. The van der Waals surface area contributed by atoms with Crippen molar-refractivity contribution in [2.45, 2.75) is 43.5 Å². The molecular formula is C16H19BrClNO2. The molecule has 2 aliphatic rings. The molecule has 1 unspecified atom stereocenters. The number of anilines is 1. The highest BCUT2D eigenvalue weighted by atomic mass is 79.9. The number of carbonyl (C=O) groups is 1. The van der Waals surface area contributed by atoms with Crippen molar-refractivity contribution >= 4 is 39.1 Å². The van der Waals surface area contributed by atoms with Gasteiger partial charge in [0.1, 0.15) is 0 Å². The van der Waals surface area contributed by atoms with Gasteiger partial charge >= 0.3 is 0 Å². The van der Waals surface area contributed by atoms with Crippen LogP contribution in [-0.4, -0.2) is 18.6 Å². The molecule has 1 aromatic carbocycles. The first kappa shape index (κ1) is 15.3. The van der Waals surface area contributed by atoms with Gasteiger partial charge in [-0.05, 0) is 49.3 Å². The van der Waals surface area contributed by atoms with Crippen molar-refractivity contribution in [3.8, 4) is 0 Å². The van der Waals surface area contributed by atoms with Crippen LogP contribution in [0.2, 0.25) is 5.02 Å². The van der Waals surface area contributed by atoms with Gasteiger partial charge in [0.2, 0.25) is 5.91 Å². The second kappa shape index (κ2) is 6.27. The Morgan fingerprint density at radius 2 is 2.24 bits per heavy atom. The third-order valence-electron chi connectivity index (χ3n) is 4.32. The van der Waals surface area contributed by atoms with E-state index < -0.39 is 0 Å². The van der Waals surface area contributed by atoms with Gasteiger partial charge in [-0.3, -0.25) is 4.79 Å². The normalized spacial score (nSPS) is 25.2. The number of ether oxygens (including phenoxy) is 1. The SMILES string of the molecule is CCOC1CC(CC(Br)c2cc3c(cc2Cl)NC(=O)C3)C1. The molecule has 3 rings (SSSR count). The van der Waals surface area contributed by atoms with E-state index in [1.807, 2.05) is 13.0 Å². The summed E-state index contributed by atoms with van der Waals surface area (Å²) in [7, 11) is 0. The van der Waals surface area contributed by atoms with Crippen LogP contribution in [-0.2, 0) is 16.0 Å². The number of benzene rings is 1. The molecule has 1 aromatic rings. The fourth-order valence-electron chi connectivity index (χ4n) is 3.17. The molecule has 0 aromatic heterocycles. The molecule has 1 fully saturated rings. The molecule has 5 heteroatoms. The van der Waals surface area contributed by atoms with Crippen molar-refractivity contribution in [1.82, 2.24) is 0 Å². The van der Waals surface area contributed by atoms with E-state index in [4.69, 9.17) is 16.3 Å². The van der Waals surface area contributed by atoms with Gasteiger partial charge in [-0.15, -0.1) is 0 Å². The molecule has 0 bridgehead atoms. The molecule has 1 saturated carbocycles. The van der Waals surface area contributed by atoms with Gasteiger partial charge in [-0.2, -0.15) is 0 Å². The van der Waals surface area contributed by atoms with Gasteiger partial charge < -0.3 is 10.1 Å². The lowest BCUT2D eigenvalue weighted by Crippen LogP contribution is -2.31. The molecule has 1 amide bonds. The number of nitrogens with one attached hydrogen (secondary N) is 1. The number of hydrogen-bond acceptors (Lipinski definition) is 2. The summed E-state index contributed by atoms with van der Waals surface area (Å²) in [5.41, 5.74) is 2.99. The first-order chi connectivity index (χ1) is 10.1. The van der Waals surface area contributed by atoms with Crippen LogP contribution in [0.3, 0.4) is 0 Å². The van der Waals surface area contributed by atoms with Crippen molar-refractivity contribution in [2.24, 2.45) is 5.92 Å². The summed E-state index contributed by atoms with van der Waals surface area (Å²) < 4.78 is 5.60. The predicted molar refractivity (Wildman–Crippen MR) is 88.2 cm³/mol. The zero-order valence-corrected chi connectivity index (χ0v) is 14.3. The van der Waals surface area contributed by atoms with Crippen molar-refractivity contribution in [1.29, 1.82) is 0 Å². The van der Waals surface area contributed by atoms with E-state index in [2.05, 4.69) is 27.3 Å². The minimum atomic E-state index is 0.0443. The Morgan fingerprint density at radius 1 is 1.48 bits per heavy atom. The van der Waals surface area contributed by atoms with Crippen LogP contribution < -0.4 is 5.32 Å². The summed E-state index contributed by atoms with van der Waals surface area (Å²) in [6, 6.07) is 3.93. The van der Waals surface area contributed by atoms with E-state index in [1.165, 1.54) is 0 Å². The topological polar surface area (TPSA) is 38.3 Å². The third-order valence-corrected chi connectivity index (χ3v) is 5.51. The molecule has 21 heavy (non-hydrogen) atoms. The minimum Gasteiger partial charge on any atom is -0.378 e. The van der Waals surface area contributed by atoms with Gasteiger partial charge in [0.15, 0.2) is 0 Å². The maximum absolute atomic E-state index is 11.4. The van der Waals surface area contributed by atoms with Crippen LogP contribution in [0.4, 0.5) is 5.69 Å². The third kappa shape index (κ3) is 3.27. The van der Waals surface area contributed by atoms with Gasteiger partial charge in [-0.1, -0.05) is 33.6 Å².